The number of hydrogen-bond acceptors (Lipinski definition) is 6. The minimum atomic E-state index is -4.51. The van der Waals surface area contributed by atoms with E-state index in [1.807, 2.05) is 0 Å². The summed E-state index contributed by atoms with van der Waals surface area (Å²) < 4.78 is 88.2. The lowest BCUT2D eigenvalue weighted by atomic mass is 10.1. The van der Waals surface area contributed by atoms with E-state index in [0.717, 1.165) is 24.3 Å². The van der Waals surface area contributed by atoms with Crippen molar-refractivity contribution in [2.24, 2.45) is 0 Å². The van der Waals surface area contributed by atoms with Crippen molar-refractivity contribution in [3.05, 3.63) is 83.9 Å². The Hall–Kier alpha value is -4.48. The first-order valence-electron chi connectivity index (χ1n) is 10.2. The van der Waals surface area contributed by atoms with Crippen molar-refractivity contribution in [2.75, 3.05) is 0 Å². The number of benzene rings is 3. The second kappa shape index (κ2) is 8.63. The lowest BCUT2D eigenvalue weighted by Gasteiger charge is -2.06. The fourth-order valence-electron chi connectivity index (χ4n) is 3.34. The van der Waals surface area contributed by atoms with Gasteiger partial charge in [0.25, 0.3) is 11.8 Å². The topological polar surface area (TPSA) is 77.8 Å². The van der Waals surface area contributed by atoms with Crippen LogP contribution in [0.25, 0.3) is 45.7 Å². The molecule has 5 rings (SSSR count). The Morgan fingerprint density at radius 1 is 0.500 bits per heavy atom. The van der Waals surface area contributed by atoms with Gasteiger partial charge in [-0.25, -0.2) is 0 Å². The van der Waals surface area contributed by atoms with Gasteiger partial charge in [-0.05, 0) is 48.5 Å². The Morgan fingerprint density at radius 2 is 0.889 bits per heavy atom. The average Bonchev–Trinajstić information content (AvgIpc) is 3.54. The first-order chi connectivity index (χ1) is 17.1. The van der Waals surface area contributed by atoms with Gasteiger partial charge >= 0.3 is 12.4 Å². The summed E-state index contributed by atoms with van der Waals surface area (Å²) in [7, 11) is 0. The van der Waals surface area contributed by atoms with Gasteiger partial charge in [-0.2, -0.15) is 36.3 Å². The van der Waals surface area contributed by atoms with Crippen LogP contribution in [0.3, 0.4) is 0 Å². The van der Waals surface area contributed by atoms with Gasteiger partial charge in [-0.15, -0.1) is 0 Å². The van der Waals surface area contributed by atoms with Crippen molar-refractivity contribution < 1.29 is 35.4 Å². The maximum absolute atomic E-state index is 13.0. The van der Waals surface area contributed by atoms with Crippen LogP contribution in [0.15, 0.2) is 81.8 Å². The summed E-state index contributed by atoms with van der Waals surface area (Å²) in [4.78, 5) is 8.32. The van der Waals surface area contributed by atoms with Crippen molar-refractivity contribution in [3.63, 3.8) is 0 Å². The summed E-state index contributed by atoms with van der Waals surface area (Å²) in [5.41, 5.74) is -0.433. The molecule has 3 aromatic carbocycles. The molecule has 0 spiro atoms. The first-order valence-corrected chi connectivity index (χ1v) is 10.2. The van der Waals surface area contributed by atoms with Crippen LogP contribution >= 0.6 is 0 Å². The Bertz CT molecular complexity index is 1410. The zero-order valence-electron chi connectivity index (χ0n) is 17.8. The number of nitrogens with zero attached hydrogens (tertiary/aromatic N) is 4. The highest BCUT2D eigenvalue weighted by Gasteiger charge is 2.31. The summed E-state index contributed by atoms with van der Waals surface area (Å²) in [6, 6.07) is 15.5. The van der Waals surface area contributed by atoms with Crippen molar-refractivity contribution in [1.29, 1.82) is 0 Å². The molecule has 182 valence electrons. The summed E-state index contributed by atoms with van der Waals surface area (Å²) in [6.07, 6.45) is -9.01. The van der Waals surface area contributed by atoms with E-state index in [2.05, 4.69) is 20.3 Å². The van der Waals surface area contributed by atoms with Gasteiger partial charge in [0.05, 0.1) is 11.1 Å². The quantitative estimate of drug-likeness (QED) is 0.243. The van der Waals surface area contributed by atoms with Crippen LogP contribution in [0, 0.1) is 0 Å². The molecule has 0 saturated carbocycles. The Kier molecular flexibility index (Phi) is 5.58. The molecule has 0 N–H and O–H groups in total. The van der Waals surface area contributed by atoms with Crippen LogP contribution in [0.4, 0.5) is 26.3 Å². The molecule has 0 aliphatic carbocycles. The number of aromatic nitrogens is 4. The maximum Gasteiger partial charge on any atom is 0.416 e. The van der Waals surface area contributed by atoms with E-state index in [0.29, 0.717) is 11.1 Å². The molecule has 12 heteroatoms. The molecule has 0 amide bonds. The van der Waals surface area contributed by atoms with Gasteiger partial charge in [0, 0.05) is 22.3 Å². The summed E-state index contributed by atoms with van der Waals surface area (Å²) in [6.45, 7) is 0. The van der Waals surface area contributed by atoms with Crippen LogP contribution in [0.1, 0.15) is 11.1 Å². The second-order valence-electron chi connectivity index (χ2n) is 7.58. The molecule has 0 atom stereocenters. The van der Waals surface area contributed by atoms with E-state index >= 15 is 0 Å². The molecular weight excluding hydrogens is 490 g/mol. The highest BCUT2D eigenvalue weighted by Crippen LogP contribution is 2.33. The zero-order chi connectivity index (χ0) is 25.5. The van der Waals surface area contributed by atoms with E-state index in [9.17, 15) is 26.3 Å². The van der Waals surface area contributed by atoms with Crippen LogP contribution in [-0.4, -0.2) is 20.3 Å². The Balaban J connectivity index is 1.36. The maximum atomic E-state index is 13.0. The highest BCUT2D eigenvalue weighted by atomic mass is 19.4. The first kappa shape index (κ1) is 23.3. The normalized spacial score (nSPS) is 12.2. The molecule has 2 heterocycles. The van der Waals surface area contributed by atoms with Crippen molar-refractivity contribution in [3.8, 4) is 45.7 Å². The van der Waals surface area contributed by atoms with Crippen molar-refractivity contribution in [1.82, 2.24) is 20.3 Å². The van der Waals surface area contributed by atoms with Gasteiger partial charge in [-0.3, -0.25) is 0 Å². The molecular formula is C24H12F6N4O2. The molecule has 36 heavy (non-hydrogen) atoms. The van der Waals surface area contributed by atoms with Crippen molar-refractivity contribution in [2.45, 2.75) is 12.4 Å². The Morgan fingerprint density at radius 3 is 1.25 bits per heavy atom. The number of alkyl halides is 6. The molecule has 0 saturated heterocycles. The third-order valence-electron chi connectivity index (χ3n) is 5.13. The lowest BCUT2D eigenvalue weighted by molar-refractivity contribution is -0.138. The highest BCUT2D eigenvalue weighted by molar-refractivity contribution is 5.65. The van der Waals surface area contributed by atoms with Crippen LogP contribution in [-0.2, 0) is 12.4 Å². The van der Waals surface area contributed by atoms with Gasteiger partial charge < -0.3 is 9.05 Å². The minimum absolute atomic E-state index is 0.0113. The number of rotatable bonds is 4. The molecule has 0 fully saturated rings. The predicted octanol–water partition coefficient (Wildman–Crippen LogP) is 7.16. The third-order valence-corrected chi connectivity index (χ3v) is 5.13. The fourth-order valence-corrected chi connectivity index (χ4v) is 3.34. The molecule has 2 aromatic heterocycles. The minimum Gasteiger partial charge on any atom is -0.334 e. The van der Waals surface area contributed by atoms with Gasteiger partial charge in [-0.1, -0.05) is 34.6 Å². The van der Waals surface area contributed by atoms with Crippen LogP contribution < -0.4 is 0 Å². The van der Waals surface area contributed by atoms with E-state index < -0.39 is 23.5 Å². The summed E-state index contributed by atoms with van der Waals surface area (Å²) >= 11 is 0. The molecule has 0 unspecified atom stereocenters. The van der Waals surface area contributed by atoms with E-state index in [1.165, 1.54) is 24.3 Å². The average molecular weight is 502 g/mol. The standard InChI is InChI=1S/C24H12F6N4O2/c25-23(26,27)17-5-1-3-15(11-17)19-31-21(35-33-19)13-7-9-14(10-8-13)22-32-20(34-36-22)16-4-2-6-18(12-16)24(28,29)30/h1-12H. The van der Waals surface area contributed by atoms with E-state index in [4.69, 9.17) is 9.05 Å². The van der Waals surface area contributed by atoms with E-state index in [1.54, 1.807) is 24.3 Å². The molecule has 5 aromatic rings. The zero-order valence-corrected chi connectivity index (χ0v) is 17.8. The number of hydrogen-bond donors (Lipinski definition) is 0. The monoisotopic (exact) mass is 502 g/mol. The molecule has 0 aliphatic heterocycles. The smallest absolute Gasteiger partial charge is 0.334 e. The molecule has 0 aliphatic rings. The molecule has 0 bridgehead atoms. The molecule has 6 nitrogen and oxygen atoms in total. The second-order valence-corrected chi connectivity index (χ2v) is 7.58. The van der Waals surface area contributed by atoms with Gasteiger partial charge in [0.1, 0.15) is 0 Å². The number of halogens is 6. The summed E-state index contributed by atoms with van der Waals surface area (Å²) in [5.74, 6) is 0.124. The predicted molar refractivity (Wildman–Crippen MR) is 114 cm³/mol. The van der Waals surface area contributed by atoms with Gasteiger partial charge in [0.15, 0.2) is 0 Å². The molecule has 0 radical (unpaired) electrons. The fraction of sp³-hybridized carbons (Fsp3) is 0.0833. The lowest BCUT2D eigenvalue weighted by Crippen LogP contribution is -2.04. The van der Waals surface area contributed by atoms with Gasteiger partial charge in [0.2, 0.25) is 11.6 Å². The van der Waals surface area contributed by atoms with Crippen LogP contribution in [0.5, 0.6) is 0 Å². The van der Waals surface area contributed by atoms with Crippen LogP contribution in [0.2, 0.25) is 0 Å². The van der Waals surface area contributed by atoms with Crippen molar-refractivity contribution >= 4 is 0 Å². The SMILES string of the molecule is FC(F)(F)c1cccc(-c2noc(-c3ccc(-c4nc(-c5cccc(C(F)(F)F)c5)no4)cc3)n2)c1. The van der Waals surface area contributed by atoms with E-state index in [-0.39, 0.29) is 34.6 Å². The Labute approximate surface area is 198 Å². The third kappa shape index (κ3) is 4.69. The largest absolute Gasteiger partial charge is 0.416 e. The summed E-state index contributed by atoms with van der Waals surface area (Å²) in [5, 5.41) is 7.51.